The second-order valence-corrected chi connectivity index (χ2v) is 24.7. The number of ether oxygens (including phenoxy) is 4. The lowest BCUT2D eigenvalue weighted by Crippen LogP contribution is -2.65. The van der Waals surface area contributed by atoms with Crippen molar-refractivity contribution in [2.75, 3.05) is 19.8 Å². The van der Waals surface area contributed by atoms with Crippen LogP contribution in [0, 0.1) is 0 Å². The maximum Gasteiger partial charge on any atom is 0.220 e. The van der Waals surface area contributed by atoms with Crippen molar-refractivity contribution in [1.82, 2.24) is 5.32 Å². The fourth-order valence-electron chi connectivity index (χ4n) is 11.6. The summed E-state index contributed by atoms with van der Waals surface area (Å²) in [5.74, 6) is -0.234. The van der Waals surface area contributed by atoms with Crippen LogP contribution in [0.15, 0.2) is 24.3 Å². The van der Waals surface area contributed by atoms with Crippen molar-refractivity contribution in [3.05, 3.63) is 24.3 Å². The van der Waals surface area contributed by atoms with E-state index >= 15 is 0 Å². The van der Waals surface area contributed by atoms with Gasteiger partial charge in [0.25, 0.3) is 0 Å². The summed E-state index contributed by atoms with van der Waals surface area (Å²) in [5.41, 5.74) is 0. The molecule has 9 N–H and O–H groups in total. The van der Waals surface area contributed by atoms with Gasteiger partial charge >= 0.3 is 0 Å². The molecule has 12 atom stereocenters. The Morgan fingerprint density at radius 1 is 0.427 bits per heavy atom. The minimum atomic E-state index is -1.79. The molecule has 484 valence electrons. The van der Waals surface area contributed by atoms with Gasteiger partial charge in [0.1, 0.15) is 48.8 Å². The van der Waals surface area contributed by atoms with Crippen LogP contribution in [-0.2, 0) is 23.7 Å². The highest BCUT2D eigenvalue weighted by Crippen LogP contribution is 2.30. The first-order valence-electron chi connectivity index (χ1n) is 34.6. The molecule has 2 aliphatic rings. The first-order valence-corrected chi connectivity index (χ1v) is 34.6. The zero-order chi connectivity index (χ0) is 59.5. The first kappa shape index (κ1) is 76.6. The third kappa shape index (κ3) is 37.9. The number of carbonyl (C=O) groups is 1. The van der Waals surface area contributed by atoms with Gasteiger partial charge < -0.3 is 65.1 Å². The number of rotatable bonds is 57. The normalized spacial score (nSPS) is 24.0. The summed E-state index contributed by atoms with van der Waals surface area (Å²) in [5, 5.41) is 87.2. The van der Waals surface area contributed by atoms with E-state index in [1.54, 1.807) is 6.08 Å². The maximum atomic E-state index is 13.3. The lowest BCUT2D eigenvalue weighted by molar-refractivity contribution is -0.359. The molecule has 12 unspecified atom stereocenters. The predicted molar refractivity (Wildman–Crippen MR) is 332 cm³/mol. The fraction of sp³-hybridized carbons (Fsp3) is 0.926. The summed E-state index contributed by atoms with van der Waals surface area (Å²) in [6.45, 7) is 2.82. The van der Waals surface area contributed by atoms with E-state index in [0.29, 0.717) is 6.42 Å². The standard InChI is InChI=1S/C68H129NO13/c1-3-5-7-9-11-13-15-17-18-19-20-21-22-23-24-25-26-27-28-29-30-31-32-33-34-35-36-37-38-40-42-44-46-48-50-52-60(73)69-56(57(72)51-49-47-45-43-41-39-16-14-12-10-8-6-4-2)55-79-67-65(78)63(76)66(59(54-71)81-67)82-68-64(77)62(75)61(74)58(53-70)80-68/h19-20,49,51,56-59,61-68,70-72,74-78H,3-18,21-48,50,52-55H2,1-2H3,(H,69,73)/b20-19-,51-49+. The van der Waals surface area contributed by atoms with Gasteiger partial charge in [0, 0.05) is 6.42 Å². The lowest BCUT2D eigenvalue weighted by Gasteiger charge is -2.46. The van der Waals surface area contributed by atoms with E-state index in [4.69, 9.17) is 18.9 Å². The molecule has 2 saturated heterocycles. The third-order valence-corrected chi connectivity index (χ3v) is 17.1. The van der Waals surface area contributed by atoms with Crippen LogP contribution in [0.3, 0.4) is 0 Å². The number of hydrogen-bond acceptors (Lipinski definition) is 13. The number of aliphatic hydroxyl groups excluding tert-OH is 8. The zero-order valence-electron chi connectivity index (χ0n) is 52.5. The molecule has 14 heteroatoms. The number of unbranched alkanes of at least 4 members (excludes halogenated alkanes) is 42. The van der Waals surface area contributed by atoms with Gasteiger partial charge in [0.15, 0.2) is 12.6 Å². The van der Waals surface area contributed by atoms with Gasteiger partial charge in [-0.15, -0.1) is 0 Å². The molecule has 14 nitrogen and oxygen atoms in total. The minimum absolute atomic E-state index is 0.234. The van der Waals surface area contributed by atoms with Crippen molar-refractivity contribution in [2.45, 2.75) is 383 Å². The van der Waals surface area contributed by atoms with Crippen molar-refractivity contribution in [1.29, 1.82) is 0 Å². The fourth-order valence-corrected chi connectivity index (χ4v) is 11.6. The Hall–Kier alpha value is -1.53. The molecule has 0 aromatic heterocycles. The number of hydrogen-bond donors (Lipinski definition) is 9. The SMILES string of the molecule is CCCCCCCCCC/C=C\CCCCCCCCCCCCCCCCCCCCCCCCCC(=O)NC(COC1OC(CO)C(OC2OC(CO)C(O)C(O)C2O)C(O)C1O)C(O)/C=C/CCCCCCCCCCCCC. The Kier molecular flexibility index (Phi) is 50.1. The summed E-state index contributed by atoms with van der Waals surface area (Å²) in [4.78, 5) is 13.3. The molecule has 0 aromatic carbocycles. The molecular formula is C68H129NO13. The van der Waals surface area contributed by atoms with Crippen LogP contribution in [-0.4, -0.2) is 140 Å². The van der Waals surface area contributed by atoms with E-state index in [0.717, 1.165) is 38.5 Å². The first-order chi connectivity index (χ1) is 40.1. The topological polar surface area (TPSA) is 228 Å². The van der Waals surface area contributed by atoms with Crippen molar-refractivity contribution >= 4 is 5.91 Å². The molecule has 0 aliphatic carbocycles. The number of allylic oxidation sites excluding steroid dienone is 3. The van der Waals surface area contributed by atoms with Crippen LogP contribution in [0.5, 0.6) is 0 Å². The van der Waals surface area contributed by atoms with Crippen LogP contribution in [0.2, 0.25) is 0 Å². The molecule has 0 spiro atoms. The molecule has 0 bridgehead atoms. The quantitative estimate of drug-likeness (QED) is 0.0204. The van der Waals surface area contributed by atoms with Gasteiger partial charge in [-0.2, -0.15) is 0 Å². The number of carbonyl (C=O) groups excluding carboxylic acids is 1. The summed E-state index contributed by atoms with van der Waals surface area (Å²) in [6, 6.07) is -0.911. The Morgan fingerprint density at radius 2 is 0.768 bits per heavy atom. The predicted octanol–water partition coefficient (Wildman–Crippen LogP) is 13.6. The summed E-state index contributed by atoms with van der Waals surface area (Å²) in [7, 11) is 0. The monoisotopic (exact) mass is 1170 g/mol. The van der Waals surface area contributed by atoms with E-state index in [9.17, 15) is 45.6 Å². The average Bonchev–Trinajstić information content (AvgIpc) is 3.56. The van der Waals surface area contributed by atoms with Gasteiger partial charge in [0.05, 0.1) is 32.0 Å². The van der Waals surface area contributed by atoms with Crippen molar-refractivity contribution in [3.8, 4) is 0 Å². The number of nitrogens with one attached hydrogen (secondary N) is 1. The largest absolute Gasteiger partial charge is 0.394 e. The van der Waals surface area contributed by atoms with Crippen molar-refractivity contribution < 1.29 is 64.6 Å². The lowest BCUT2D eigenvalue weighted by atomic mass is 9.97. The van der Waals surface area contributed by atoms with Gasteiger partial charge in [0.2, 0.25) is 5.91 Å². The highest BCUT2D eigenvalue weighted by molar-refractivity contribution is 5.76. The van der Waals surface area contributed by atoms with E-state index in [-0.39, 0.29) is 18.9 Å². The van der Waals surface area contributed by atoms with Gasteiger partial charge in [-0.05, 0) is 44.9 Å². The van der Waals surface area contributed by atoms with Crippen LogP contribution in [0.1, 0.15) is 309 Å². The second kappa shape index (κ2) is 53.7. The average molecular weight is 1170 g/mol. The van der Waals surface area contributed by atoms with E-state index in [1.807, 2.05) is 6.08 Å². The molecule has 2 rings (SSSR count). The summed E-state index contributed by atoms with van der Waals surface area (Å²) in [6.07, 6.45) is 49.7. The van der Waals surface area contributed by atoms with Gasteiger partial charge in [-0.25, -0.2) is 0 Å². The third-order valence-electron chi connectivity index (χ3n) is 17.1. The van der Waals surface area contributed by atoms with Crippen molar-refractivity contribution in [3.63, 3.8) is 0 Å². The van der Waals surface area contributed by atoms with Crippen molar-refractivity contribution in [2.24, 2.45) is 0 Å². The number of amides is 1. The Balaban J connectivity index is 1.58. The molecule has 0 saturated carbocycles. The molecule has 0 radical (unpaired) electrons. The van der Waals surface area contributed by atoms with Crippen LogP contribution in [0.25, 0.3) is 0 Å². The van der Waals surface area contributed by atoms with Crippen LogP contribution < -0.4 is 5.32 Å². The maximum absolute atomic E-state index is 13.3. The number of aliphatic hydroxyl groups is 8. The molecule has 0 aromatic rings. The summed E-state index contributed by atoms with van der Waals surface area (Å²) < 4.78 is 22.8. The van der Waals surface area contributed by atoms with Gasteiger partial charge in [-0.3, -0.25) is 4.79 Å². The highest BCUT2D eigenvalue weighted by Gasteiger charge is 2.51. The molecule has 2 aliphatic heterocycles. The molecule has 2 fully saturated rings. The Labute approximate surface area is 500 Å². The molecule has 2 heterocycles. The molecule has 1 amide bonds. The van der Waals surface area contributed by atoms with E-state index < -0.39 is 86.8 Å². The minimum Gasteiger partial charge on any atom is -0.394 e. The highest BCUT2D eigenvalue weighted by atomic mass is 16.7. The zero-order valence-corrected chi connectivity index (χ0v) is 52.5. The Bertz CT molecular complexity index is 1470. The van der Waals surface area contributed by atoms with E-state index in [1.165, 1.54) is 244 Å². The second-order valence-electron chi connectivity index (χ2n) is 24.7. The van der Waals surface area contributed by atoms with Crippen LogP contribution >= 0.6 is 0 Å². The van der Waals surface area contributed by atoms with Crippen LogP contribution in [0.4, 0.5) is 0 Å². The molecular weight excluding hydrogens is 1040 g/mol. The molecule has 82 heavy (non-hydrogen) atoms. The van der Waals surface area contributed by atoms with E-state index in [2.05, 4.69) is 31.3 Å². The van der Waals surface area contributed by atoms with Gasteiger partial charge in [-0.1, -0.05) is 282 Å². The Morgan fingerprint density at radius 3 is 1.16 bits per heavy atom. The smallest absolute Gasteiger partial charge is 0.220 e. The summed E-state index contributed by atoms with van der Waals surface area (Å²) >= 11 is 0.